The highest BCUT2D eigenvalue weighted by atomic mass is 28.4. The van der Waals surface area contributed by atoms with Gasteiger partial charge in [0, 0.05) is 6.04 Å². The summed E-state index contributed by atoms with van der Waals surface area (Å²) in [6, 6.07) is -0.0764. The Morgan fingerprint density at radius 3 is 1.71 bits per heavy atom. The molecule has 0 amide bonds. The zero-order chi connectivity index (χ0) is 5.91. The molecule has 0 saturated heterocycles. The van der Waals surface area contributed by atoms with Crippen LogP contribution in [0, 0.1) is 0 Å². The zero-order valence-corrected chi connectivity index (χ0v) is 4.83. The lowest BCUT2D eigenvalue weighted by Gasteiger charge is -2.04. The van der Waals surface area contributed by atoms with Crippen LogP contribution in [-0.2, 0) is 0 Å². The van der Waals surface area contributed by atoms with E-state index < -0.39 is 8.80 Å². The van der Waals surface area contributed by atoms with E-state index in [9.17, 15) is 0 Å². The fraction of sp³-hybridized carbons (Fsp3) is 1.00. The van der Waals surface area contributed by atoms with Crippen molar-refractivity contribution in [1.29, 1.82) is 0 Å². The van der Waals surface area contributed by atoms with Gasteiger partial charge >= 0.3 is 8.80 Å². The lowest BCUT2D eigenvalue weighted by atomic mass is 10.8. The number of hydrogen-bond acceptors (Lipinski definition) is 4. The number of rotatable bonds is 2. The maximum atomic E-state index is 8.19. The Kier molecular flexibility index (Phi) is 2.41. The molecule has 0 aromatic rings. The molecule has 4 nitrogen and oxygen atoms in total. The molecule has 0 aliphatic rings. The van der Waals surface area contributed by atoms with Crippen molar-refractivity contribution in [3.63, 3.8) is 0 Å². The van der Waals surface area contributed by atoms with Gasteiger partial charge in [-0.15, -0.1) is 0 Å². The number of hydrogen-bond donors (Lipinski definition) is 4. The van der Waals surface area contributed by atoms with E-state index in [1.54, 1.807) is 0 Å². The summed E-state index contributed by atoms with van der Waals surface area (Å²) in [5.41, 5.74) is 4.87. The standard InChI is InChI=1S/C2H9NO3Si/c3-1-2-7(4,5)6/h4-6H,1-3H2. The molecular formula is C2H9NO3Si. The average Bonchev–Trinajstić information content (AvgIpc) is 1.30. The molecular weight excluding hydrogens is 114 g/mol. The fourth-order valence-corrected chi connectivity index (χ4v) is 0.581. The Morgan fingerprint density at radius 1 is 1.29 bits per heavy atom. The smallest absolute Gasteiger partial charge is 0.390 e. The van der Waals surface area contributed by atoms with Crippen LogP contribution in [0.15, 0.2) is 0 Å². The SMILES string of the molecule is NCC[Si](O)(O)O. The minimum atomic E-state index is -3.78. The predicted molar refractivity (Wildman–Crippen MR) is 26.3 cm³/mol. The third kappa shape index (κ3) is 6.06. The maximum Gasteiger partial charge on any atom is 0.494 e. The first-order chi connectivity index (χ1) is 3.06. The second-order valence-electron chi connectivity index (χ2n) is 1.31. The van der Waals surface area contributed by atoms with E-state index in [0.717, 1.165) is 0 Å². The van der Waals surface area contributed by atoms with Crippen LogP contribution in [0.3, 0.4) is 0 Å². The molecule has 0 spiro atoms. The molecule has 44 valence electrons. The lowest BCUT2D eigenvalue weighted by molar-refractivity contribution is 0.229. The molecule has 0 atom stereocenters. The molecule has 0 radical (unpaired) electrons. The first-order valence-corrected chi connectivity index (χ1v) is 3.98. The fourth-order valence-electron chi connectivity index (χ4n) is 0.194. The normalized spacial score (nSPS) is 12.0. The Labute approximate surface area is 42.6 Å². The van der Waals surface area contributed by atoms with Crippen LogP contribution in [0.2, 0.25) is 6.04 Å². The van der Waals surface area contributed by atoms with E-state index in [1.807, 2.05) is 0 Å². The van der Waals surface area contributed by atoms with Crippen LogP contribution in [0.25, 0.3) is 0 Å². The molecule has 0 aliphatic carbocycles. The van der Waals surface area contributed by atoms with Crippen molar-refractivity contribution < 1.29 is 14.4 Å². The van der Waals surface area contributed by atoms with Gasteiger partial charge < -0.3 is 20.1 Å². The van der Waals surface area contributed by atoms with Crippen LogP contribution < -0.4 is 5.73 Å². The highest BCUT2D eigenvalue weighted by Gasteiger charge is 2.24. The Morgan fingerprint density at radius 2 is 1.71 bits per heavy atom. The first-order valence-electron chi connectivity index (χ1n) is 1.93. The topological polar surface area (TPSA) is 86.7 Å². The van der Waals surface area contributed by atoms with Crippen molar-refractivity contribution in [3.8, 4) is 0 Å². The average molecular weight is 123 g/mol. The largest absolute Gasteiger partial charge is 0.494 e. The van der Waals surface area contributed by atoms with E-state index >= 15 is 0 Å². The van der Waals surface area contributed by atoms with Crippen molar-refractivity contribution >= 4 is 8.80 Å². The third-order valence-electron chi connectivity index (χ3n) is 0.480. The van der Waals surface area contributed by atoms with Crippen molar-refractivity contribution in [2.75, 3.05) is 6.54 Å². The van der Waals surface area contributed by atoms with Gasteiger partial charge in [0.25, 0.3) is 0 Å². The Balaban J connectivity index is 3.15. The molecule has 0 fully saturated rings. The van der Waals surface area contributed by atoms with Gasteiger partial charge in [0.15, 0.2) is 0 Å². The third-order valence-corrected chi connectivity index (χ3v) is 1.44. The van der Waals surface area contributed by atoms with Gasteiger partial charge in [-0.25, -0.2) is 0 Å². The van der Waals surface area contributed by atoms with Gasteiger partial charge in [-0.3, -0.25) is 0 Å². The second-order valence-corrected chi connectivity index (χ2v) is 3.36. The molecule has 0 rings (SSSR count). The van der Waals surface area contributed by atoms with Crippen molar-refractivity contribution in [3.05, 3.63) is 0 Å². The van der Waals surface area contributed by atoms with E-state index in [1.165, 1.54) is 0 Å². The quantitative estimate of drug-likeness (QED) is 0.316. The van der Waals surface area contributed by atoms with Gasteiger partial charge in [-0.2, -0.15) is 0 Å². The van der Waals surface area contributed by atoms with Crippen LogP contribution >= 0.6 is 0 Å². The highest BCUT2D eigenvalue weighted by molar-refractivity contribution is 6.56. The van der Waals surface area contributed by atoms with E-state index in [0.29, 0.717) is 0 Å². The summed E-state index contributed by atoms with van der Waals surface area (Å²) in [5.74, 6) is 0. The molecule has 5 N–H and O–H groups in total. The second kappa shape index (κ2) is 2.39. The highest BCUT2D eigenvalue weighted by Crippen LogP contribution is 1.90. The van der Waals surface area contributed by atoms with Gasteiger partial charge in [0.05, 0.1) is 0 Å². The van der Waals surface area contributed by atoms with E-state index in [-0.39, 0.29) is 12.6 Å². The molecule has 0 aliphatic heterocycles. The predicted octanol–water partition coefficient (Wildman–Crippen LogP) is -2.14. The van der Waals surface area contributed by atoms with Crippen LogP contribution in [-0.4, -0.2) is 29.7 Å². The van der Waals surface area contributed by atoms with E-state index in [2.05, 4.69) is 0 Å². The summed E-state index contributed by atoms with van der Waals surface area (Å²) in [7, 11) is -3.78. The molecule has 0 bridgehead atoms. The zero-order valence-electron chi connectivity index (χ0n) is 3.83. The molecule has 0 heterocycles. The summed E-state index contributed by atoms with van der Waals surface area (Å²) in [6.07, 6.45) is 0. The summed E-state index contributed by atoms with van der Waals surface area (Å²) >= 11 is 0. The van der Waals surface area contributed by atoms with Gasteiger partial charge in [0.1, 0.15) is 0 Å². The van der Waals surface area contributed by atoms with Crippen molar-refractivity contribution in [2.24, 2.45) is 5.73 Å². The monoisotopic (exact) mass is 123 g/mol. The minimum absolute atomic E-state index is 0.0764. The van der Waals surface area contributed by atoms with Gasteiger partial charge in [-0.1, -0.05) is 0 Å². The molecule has 0 unspecified atom stereocenters. The first kappa shape index (κ1) is 7.06. The maximum absolute atomic E-state index is 8.19. The summed E-state index contributed by atoms with van der Waals surface area (Å²) < 4.78 is 0. The number of nitrogens with two attached hydrogens (primary N) is 1. The van der Waals surface area contributed by atoms with Crippen molar-refractivity contribution in [1.82, 2.24) is 0 Å². The van der Waals surface area contributed by atoms with Gasteiger partial charge in [-0.05, 0) is 6.54 Å². The molecule has 0 saturated carbocycles. The molecule has 5 heteroatoms. The van der Waals surface area contributed by atoms with Crippen LogP contribution in [0.5, 0.6) is 0 Å². The van der Waals surface area contributed by atoms with Crippen LogP contribution in [0.1, 0.15) is 0 Å². The van der Waals surface area contributed by atoms with Crippen LogP contribution in [0.4, 0.5) is 0 Å². The molecule has 0 aromatic heterocycles. The van der Waals surface area contributed by atoms with Crippen molar-refractivity contribution in [2.45, 2.75) is 6.04 Å². The minimum Gasteiger partial charge on any atom is -0.390 e. The van der Waals surface area contributed by atoms with Gasteiger partial charge in [0.2, 0.25) is 0 Å². The van der Waals surface area contributed by atoms with E-state index in [4.69, 9.17) is 20.1 Å². The molecule has 0 aromatic carbocycles. The Hall–Kier alpha value is 0.0569. The Bertz CT molecular complexity index is 51.4. The summed E-state index contributed by atoms with van der Waals surface area (Å²) in [6.45, 7) is 0.121. The summed E-state index contributed by atoms with van der Waals surface area (Å²) in [5, 5.41) is 0. The molecule has 7 heavy (non-hydrogen) atoms. The summed E-state index contributed by atoms with van der Waals surface area (Å²) in [4.78, 5) is 24.6. The lowest BCUT2D eigenvalue weighted by Crippen LogP contribution is -2.36.